The van der Waals surface area contributed by atoms with E-state index in [9.17, 15) is 9.90 Å². The van der Waals surface area contributed by atoms with Gasteiger partial charge in [0.2, 0.25) is 5.78 Å². The average molecular weight is 228 g/mol. The molecule has 1 aromatic rings. The van der Waals surface area contributed by atoms with E-state index in [0.29, 0.717) is 11.6 Å². The van der Waals surface area contributed by atoms with Crippen LogP contribution < -0.4 is 10.6 Å². The zero-order chi connectivity index (χ0) is 12.0. The molecule has 86 valence electrons. The molecule has 4 heteroatoms. The molecule has 4 nitrogen and oxygen atoms in total. The number of aliphatic hydroxyl groups excluding tert-OH is 1. The molecule has 1 aliphatic carbocycles. The van der Waals surface area contributed by atoms with Crippen molar-refractivity contribution in [2.45, 2.75) is 12.5 Å². The van der Waals surface area contributed by atoms with Crippen LogP contribution >= 0.6 is 0 Å². The number of nitrogens with zero attached hydrogens (tertiary/aromatic N) is 2. The van der Waals surface area contributed by atoms with Crippen molar-refractivity contribution in [1.29, 1.82) is 0 Å². The van der Waals surface area contributed by atoms with E-state index in [1.807, 2.05) is 24.2 Å². The van der Waals surface area contributed by atoms with Crippen LogP contribution in [0, 0.1) is 0 Å². The van der Waals surface area contributed by atoms with Gasteiger partial charge in [0.25, 0.3) is 0 Å². The number of likely N-dealkylation sites (N-methyl/N-ethyl adjacent to an activating group) is 1. The highest BCUT2D eigenvalue weighted by Crippen LogP contribution is 2.23. The number of Topliss-reactive ketones (excluding diaryl/α,β-unsaturated/α-hetero) is 1. The van der Waals surface area contributed by atoms with Crippen LogP contribution in [-0.2, 0) is 4.79 Å². The van der Waals surface area contributed by atoms with Crippen LogP contribution in [0.25, 0.3) is 11.3 Å². The third-order valence-corrected chi connectivity index (χ3v) is 3.26. The van der Waals surface area contributed by atoms with Crippen molar-refractivity contribution in [3.8, 4) is 0 Å². The Hall–Kier alpha value is -2.10. The molecule has 0 bridgehead atoms. The van der Waals surface area contributed by atoms with E-state index in [2.05, 4.69) is 4.98 Å². The third-order valence-electron chi connectivity index (χ3n) is 3.26. The topological polar surface area (TPSA) is 53.4 Å². The zero-order valence-electron chi connectivity index (χ0n) is 9.42. The largest absolute Gasteiger partial charge is 0.504 e. The standard InChI is InChI=1S/C13H12N2O2/c1-15-7-3-5-8-10-9(4-2-6-14-10)12(16)13(17)11(8)15/h2-4,6-7,11,16H,5H2,1H3. The van der Waals surface area contributed by atoms with E-state index in [1.165, 1.54) is 0 Å². The maximum atomic E-state index is 12.1. The van der Waals surface area contributed by atoms with Crippen molar-refractivity contribution in [3.05, 3.63) is 41.2 Å². The van der Waals surface area contributed by atoms with Gasteiger partial charge in [-0.15, -0.1) is 0 Å². The maximum Gasteiger partial charge on any atom is 0.224 e. The molecule has 0 saturated heterocycles. The third kappa shape index (κ3) is 1.30. The minimum Gasteiger partial charge on any atom is -0.504 e. The van der Waals surface area contributed by atoms with Gasteiger partial charge in [0.05, 0.1) is 5.35 Å². The molecule has 0 saturated carbocycles. The average Bonchev–Trinajstić information content (AvgIpc) is 2.36. The molecule has 0 amide bonds. The molecule has 0 spiro atoms. The zero-order valence-corrected chi connectivity index (χ0v) is 9.42. The van der Waals surface area contributed by atoms with E-state index in [0.717, 1.165) is 10.9 Å². The van der Waals surface area contributed by atoms with Crippen LogP contribution in [0.5, 0.6) is 0 Å². The summed E-state index contributed by atoms with van der Waals surface area (Å²) in [5, 5.41) is 11.2. The fourth-order valence-electron chi connectivity index (χ4n) is 2.47. The minimum atomic E-state index is -0.401. The Morgan fingerprint density at radius 2 is 2.35 bits per heavy atom. The van der Waals surface area contributed by atoms with Crippen LogP contribution in [0.15, 0.2) is 30.6 Å². The first-order valence-corrected chi connectivity index (χ1v) is 5.50. The number of aliphatic hydroxyl groups is 1. The van der Waals surface area contributed by atoms with Crippen molar-refractivity contribution in [1.82, 2.24) is 9.88 Å². The number of fused-ring (bicyclic) bond motifs is 2. The van der Waals surface area contributed by atoms with Gasteiger partial charge in [0, 0.05) is 18.5 Å². The van der Waals surface area contributed by atoms with Gasteiger partial charge in [-0.3, -0.25) is 9.78 Å². The fourth-order valence-corrected chi connectivity index (χ4v) is 2.47. The Balaban J connectivity index is 2.43. The summed E-state index contributed by atoms with van der Waals surface area (Å²) < 4.78 is 0. The predicted octanol–water partition coefficient (Wildman–Crippen LogP) is -0.301. The molecule has 1 aromatic heterocycles. The highest BCUT2D eigenvalue weighted by Gasteiger charge is 2.34. The first-order valence-electron chi connectivity index (χ1n) is 5.50. The highest BCUT2D eigenvalue weighted by atomic mass is 16.3. The molecule has 0 aromatic carbocycles. The van der Waals surface area contributed by atoms with Crippen LogP contribution in [0.3, 0.4) is 0 Å². The molecule has 0 fully saturated rings. The summed E-state index contributed by atoms with van der Waals surface area (Å²) in [6, 6.07) is 3.06. The summed E-state index contributed by atoms with van der Waals surface area (Å²) in [6.07, 6.45) is 6.26. The predicted molar refractivity (Wildman–Crippen MR) is 63.2 cm³/mol. The Kier molecular flexibility index (Phi) is 2.04. The van der Waals surface area contributed by atoms with E-state index in [-0.39, 0.29) is 11.5 Å². The molecule has 1 N–H and O–H groups in total. The van der Waals surface area contributed by atoms with E-state index < -0.39 is 6.04 Å². The Bertz CT molecular complexity index is 646. The van der Waals surface area contributed by atoms with Crippen molar-refractivity contribution in [3.63, 3.8) is 0 Å². The lowest BCUT2D eigenvalue weighted by Gasteiger charge is -2.32. The number of ketones is 1. The molecule has 1 aliphatic heterocycles. The van der Waals surface area contributed by atoms with Crippen molar-refractivity contribution >= 4 is 17.1 Å². The van der Waals surface area contributed by atoms with E-state index in [1.54, 1.807) is 18.3 Å². The first-order chi connectivity index (χ1) is 8.20. The number of allylic oxidation sites excluding steroid dienone is 1. The minimum absolute atomic E-state index is 0.177. The number of aromatic nitrogens is 1. The summed E-state index contributed by atoms with van der Waals surface area (Å²) in [6.45, 7) is 0. The molecular weight excluding hydrogens is 216 g/mol. The number of carbonyl (C=O) groups is 1. The fraction of sp³-hybridized carbons (Fsp3) is 0.231. The Labute approximate surface area is 98.2 Å². The molecule has 2 heterocycles. The van der Waals surface area contributed by atoms with E-state index >= 15 is 0 Å². The van der Waals surface area contributed by atoms with Gasteiger partial charge in [0.15, 0.2) is 5.76 Å². The summed E-state index contributed by atoms with van der Waals surface area (Å²) >= 11 is 0. The van der Waals surface area contributed by atoms with Gasteiger partial charge in [-0.05, 0) is 30.3 Å². The number of hydrogen-bond acceptors (Lipinski definition) is 4. The Morgan fingerprint density at radius 1 is 1.53 bits per heavy atom. The smallest absolute Gasteiger partial charge is 0.224 e. The molecule has 2 aliphatic rings. The highest BCUT2D eigenvalue weighted by molar-refractivity contribution is 6.19. The van der Waals surface area contributed by atoms with Crippen molar-refractivity contribution in [2.75, 3.05) is 7.05 Å². The van der Waals surface area contributed by atoms with Gasteiger partial charge in [-0.1, -0.05) is 6.08 Å². The second kappa shape index (κ2) is 3.45. The van der Waals surface area contributed by atoms with Crippen LogP contribution in [0.2, 0.25) is 0 Å². The molecule has 0 radical (unpaired) electrons. The van der Waals surface area contributed by atoms with Gasteiger partial charge in [-0.25, -0.2) is 0 Å². The molecule has 3 rings (SSSR count). The van der Waals surface area contributed by atoms with Gasteiger partial charge in [0.1, 0.15) is 6.04 Å². The first kappa shape index (κ1) is 10.1. The summed E-state index contributed by atoms with van der Waals surface area (Å²) in [5.74, 6) is -0.420. The number of pyridine rings is 1. The Morgan fingerprint density at radius 3 is 3.18 bits per heavy atom. The lowest BCUT2D eigenvalue weighted by molar-refractivity contribution is -0.117. The quantitative estimate of drug-likeness (QED) is 0.662. The molecule has 1 unspecified atom stereocenters. The summed E-state index contributed by atoms with van der Waals surface area (Å²) in [7, 11) is 1.83. The second-order valence-corrected chi connectivity index (χ2v) is 4.29. The number of hydrogen-bond donors (Lipinski definition) is 1. The van der Waals surface area contributed by atoms with E-state index in [4.69, 9.17) is 0 Å². The lowest BCUT2D eigenvalue weighted by atomic mass is 9.90. The normalized spacial score (nSPS) is 22.5. The van der Waals surface area contributed by atoms with Crippen LogP contribution in [0.4, 0.5) is 0 Å². The summed E-state index contributed by atoms with van der Waals surface area (Å²) in [5.41, 5.74) is 0.966. The molecular formula is C13H12N2O2. The SMILES string of the molecule is CN1C=CCC2=c3ncccc3=C(O)C(=O)C21. The number of rotatable bonds is 0. The van der Waals surface area contributed by atoms with Gasteiger partial charge in [-0.2, -0.15) is 0 Å². The van der Waals surface area contributed by atoms with Gasteiger partial charge >= 0.3 is 0 Å². The summed E-state index contributed by atoms with van der Waals surface area (Å²) in [4.78, 5) is 18.2. The monoisotopic (exact) mass is 228 g/mol. The van der Waals surface area contributed by atoms with Crippen molar-refractivity contribution in [2.24, 2.45) is 0 Å². The van der Waals surface area contributed by atoms with Crippen LogP contribution in [-0.4, -0.2) is 33.9 Å². The van der Waals surface area contributed by atoms with Gasteiger partial charge < -0.3 is 10.0 Å². The van der Waals surface area contributed by atoms with Crippen molar-refractivity contribution < 1.29 is 9.90 Å². The maximum absolute atomic E-state index is 12.1. The van der Waals surface area contributed by atoms with Crippen LogP contribution in [0.1, 0.15) is 6.42 Å². The lowest BCUT2D eigenvalue weighted by Crippen LogP contribution is -2.50. The molecule has 1 atom stereocenters. The molecule has 17 heavy (non-hydrogen) atoms. The second-order valence-electron chi connectivity index (χ2n) is 4.29. The number of carbonyl (C=O) groups excluding carboxylic acids is 1.